The molecule has 15 heavy (non-hydrogen) atoms. The Kier molecular flexibility index (Phi) is 4.45. The molecular formula is C12H21ClN2. The van der Waals surface area contributed by atoms with E-state index in [1.54, 1.807) is 0 Å². The molecule has 1 atom stereocenters. The van der Waals surface area contributed by atoms with Crippen LogP contribution in [-0.4, -0.2) is 30.2 Å². The molecular weight excluding hydrogens is 208 g/mol. The molecule has 0 aromatic rings. The van der Waals surface area contributed by atoms with Crippen LogP contribution >= 0.6 is 11.6 Å². The van der Waals surface area contributed by atoms with Crippen LogP contribution in [0.25, 0.3) is 0 Å². The zero-order valence-electron chi connectivity index (χ0n) is 9.29. The van der Waals surface area contributed by atoms with Gasteiger partial charge in [0.2, 0.25) is 0 Å². The summed E-state index contributed by atoms with van der Waals surface area (Å²) < 4.78 is 0. The summed E-state index contributed by atoms with van der Waals surface area (Å²) in [7, 11) is 0. The quantitative estimate of drug-likeness (QED) is 0.571. The van der Waals surface area contributed by atoms with Crippen LogP contribution in [0, 0.1) is 0 Å². The van der Waals surface area contributed by atoms with Gasteiger partial charge in [-0.05, 0) is 45.1 Å². The van der Waals surface area contributed by atoms with Gasteiger partial charge in [0, 0.05) is 23.7 Å². The minimum atomic E-state index is 0.407. The first kappa shape index (κ1) is 11.4. The van der Waals surface area contributed by atoms with Gasteiger partial charge in [-0.15, -0.1) is 11.6 Å². The Morgan fingerprint density at radius 2 is 1.87 bits per heavy atom. The highest BCUT2D eigenvalue weighted by molar-refractivity contribution is 6.20. The Labute approximate surface area is 97.5 Å². The molecule has 0 aromatic carbocycles. The summed E-state index contributed by atoms with van der Waals surface area (Å²) in [6.45, 7) is 1.16. The Bertz CT molecular complexity index is 204. The van der Waals surface area contributed by atoms with Crippen molar-refractivity contribution in [3.05, 3.63) is 0 Å². The maximum Gasteiger partial charge on any atom is 0.0497 e. The van der Waals surface area contributed by atoms with Gasteiger partial charge in [0.1, 0.15) is 0 Å². The van der Waals surface area contributed by atoms with Crippen molar-refractivity contribution in [3.8, 4) is 0 Å². The molecule has 1 heterocycles. The predicted molar refractivity (Wildman–Crippen MR) is 66.0 cm³/mol. The van der Waals surface area contributed by atoms with E-state index in [9.17, 15) is 0 Å². The zero-order chi connectivity index (χ0) is 10.5. The molecule has 1 saturated heterocycles. The summed E-state index contributed by atoms with van der Waals surface area (Å²) in [6, 6.07) is 1.08. The maximum atomic E-state index is 6.07. The number of rotatable bonds is 2. The molecule has 0 bridgehead atoms. The second-order valence-electron chi connectivity index (χ2n) is 4.76. The van der Waals surface area contributed by atoms with Crippen LogP contribution < -0.4 is 5.32 Å². The highest BCUT2D eigenvalue weighted by Crippen LogP contribution is 2.24. The van der Waals surface area contributed by atoms with Crippen LogP contribution in [0.3, 0.4) is 0 Å². The normalized spacial score (nSPS) is 38.3. The fraction of sp³-hybridized carbons (Fsp3) is 0.917. The average Bonchev–Trinajstić information content (AvgIpc) is 2.30. The third-order valence-corrected chi connectivity index (χ3v) is 3.89. The van der Waals surface area contributed by atoms with Crippen LogP contribution in [0.4, 0.5) is 0 Å². The monoisotopic (exact) mass is 228 g/mol. The van der Waals surface area contributed by atoms with Crippen LogP contribution in [0.1, 0.15) is 44.9 Å². The van der Waals surface area contributed by atoms with Crippen molar-refractivity contribution in [2.24, 2.45) is 4.99 Å². The van der Waals surface area contributed by atoms with Crippen molar-refractivity contribution >= 4 is 17.8 Å². The average molecular weight is 229 g/mol. The minimum Gasteiger partial charge on any atom is -0.309 e. The lowest BCUT2D eigenvalue weighted by molar-refractivity contribution is 0.442. The minimum absolute atomic E-state index is 0.407. The van der Waals surface area contributed by atoms with Crippen LogP contribution in [0.5, 0.6) is 0 Å². The van der Waals surface area contributed by atoms with E-state index in [-0.39, 0.29) is 0 Å². The van der Waals surface area contributed by atoms with Crippen molar-refractivity contribution in [1.29, 1.82) is 0 Å². The van der Waals surface area contributed by atoms with Gasteiger partial charge in [-0.2, -0.15) is 0 Å². The molecule has 1 N–H and O–H groups in total. The molecule has 3 heteroatoms. The van der Waals surface area contributed by atoms with Crippen LogP contribution in [0.15, 0.2) is 4.99 Å². The predicted octanol–water partition coefficient (Wildman–Crippen LogP) is 2.75. The summed E-state index contributed by atoms with van der Waals surface area (Å²) in [6.07, 6.45) is 10.7. The number of nitrogens with zero attached hydrogens (tertiary/aromatic N) is 1. The molecule has 86 valence electrons. The molecule has 0 aromatic heterocycles. The third-order valence-electron chi connectivity index (χ3n) is 3.45. The van der Waals surface area contributed by atoms with Gasteiger partial charge in [-0.1, -0.05) is 6.42 Å². The Balaban J connectivity index is 1.73. The molecule has 2 aliphatic rings. The van der Waals surface area contributed by atoms with Gasteiger partial charge >= 0.3 is 0 Å². The fourth-order valence-corrected chi connectivity index (χ4v) is 2.67. The molecule has 1 aliphatic carbocycles. The molecule has 1 saturated carbocycles. The van der Waals surface area contributed by atoms with Crippen molar-refractivity contribution < 1.29 is 0 Å². The largest absolute Gasteiger partial charge is 0.309 e. The lowest BCUT2D eigenvalue weighted by Gasteiger charge is -2.23. The zero-order valence-corrected chi connectivity index (χ0v) is 10.0. The Morgan fingerprint density at radius 1 is 1.07 bits per heavy atom. The van der Waals surface area contributed by atoms with E-state index in [0.717, 1.165) is 19.4 Å². The first-order valence-corrected chi connectivity index (χ1v) is 6.69. The molecule has 2 fully saturated rings. The Hall–Kier alpha value is -0.0800. The second-order valence-corrected chi connectivity index (χ2v) is 5.38. The lowest BCUT2D eigenvalue weighted by atomic mass is 9.95. The van der Waals surface area contributed by atoms with Crippen LogP contribution in [0.2, 0.25) is 0 Å². The number of hydrogen-bond acceptors (Lipinski definition) is 2. The SMILES string of the molecule is ClC1CCC(N=CC2CCCCN2)CC1. The lowest BCUT2D eigenvalue weighted by Crippen LogP contribution is -2.35. The summed E-state index contributed by atoms with van der Waals surface area (Å²) in [5, 5.41) is 3.90. The van der Waals surface area contributed by atoms with E-state index in [2.05, 4.69) is 11.5 Å². The number of aliphatic imine (C=N–C) groups is 1. The fourth-order valence-electron chi connectivity index (χ4n) is 2.42. The number of hydrogen-bond donors (Lipinski definition) is 1. The van der Waals surface area contributed by atoms with Gasteiger partial charge < -0.3 is 5.32 Å². The molecule has 1 aliphatic heterocycles. The highest BCUT2D eigenvalue weighted by atomic mass is 35.5. The van der Waals surface area contributed by atoms with Gasteiger partial charge in [-0.3, -0.25) is 4.99 Å². The second kappa shape index (κ2) is 5.86. The summed E-state index contributed by atoms with van der Waals surface area (Å²) in [5.74, 6) is 0. The van der Waals surface area contributed by atoms with Gasteiger partial charge in [0.25, 0.3) is 0 Å². The van der Waals surface area contributed by atoms with E-state index in [1.807, 2.05) is 0 Å². The molecule has 0 amide bonds. The van der Waals surface area contributed by atoms with E-state index in [0.29, 0.717) is 17.5 Å². The van der Waals surface area contributed by atoms with Gasteiger partial charge in [0.15, 0.2) is 0 Å². The number of halogens is 1. The van der Waals surface area contributed by atoms with Crippen molar-refractivity contribution in [3.63, 3.8) is 0 Å². The van der Waals surface area contributed by atoms with Gasteiger partial charge in [-0.25, -0.2) is 0 Å². The van der Waals surface area contributed by atoms with E-state index < -0.39 is 0 Å². The van der Waals surface area contributed by atoms with E-state index >= 15 is 0 Å². The van der Waals surface area contributed by atoms with Crippen molar-refractivity contribution in [2.75, 3.05) is 6.54 Å². The Morgan fingerprint density at radius 3 is 2.53 bits per heavy atom. The molecule has 2 nitrogen and oxygen atoms in total. The summed E-state index contributed by atoms with van der Waals surface area (Å²) in [4.78, 5) is 4.70. The first-order valence-electron chi connectivity index (χ1n) is 6.25. The first-order chi connectivity index (χ1) is 7.34. The number of nitrogens with one attached hydrogen (secondary N) is 1. The van der Waals surface area contributed by atoms with Crippen molar-refractivity contribution in [2.45, 2.75) is 62.4 Å². The molecule has 2 rings (SSSR count). The van der Waals surface area contributed by atoms with Crippen LogP contribution in [-0.2, 0) is 0 Å². The van der Waals surface area contributed by atoms with E-state index in [1.165, 1.54) is 32.1 Å². The number of piperidine rings is 1. The molecule has 1 unspecified atom stereocenters. The third kappa shape index (κ3) is 3.76. The topological polar surface area (TPSA) is 24.4 Å². The number of alkyl halides is 1. The van der Waals surface area contributed by atoms with Crippen molar-refractivity contribution in [1.82, 2.24) is 5.32 Å². The summed E-state index contributed by atoms with van der Waals surface area (Å²) >= 11 is 6.07. The molecule has 0 radical (unpaired) electrons. The summed E-state index contributed by atoms with van der Waals surface area (Å²) in [5.41, 5.74) is 0. The molecule has 0 spiro atoms. The standard InChI is InChI=1S/C12H21ClN2/c13-10-4-6-11(7-5-10)15-9-12-3-1-2-8-14-12/h9-12,14H,1-8H2. The van der Waals surface area contributed by atoms with E-state index in [4.69, 9.17) is 16.6 Å². The maximum absolute atomic E-state index is 6.07. The smallest absolute Gasteiger partial charge is 0.0497 e. The van der Waals surface area contributed by atoms with Gasteiger partial charge in [0.05, 0.1) is 0 Å². The highest BCUT2D eigenvalue weighted by Gasteiger charge is 2.18.